The second kappa shape index (κ2) is 7.71. The minimum atomic E-state index is -2.17. The third kappa shape index (κ3) is 4.23. The smallest absolute Gasteiger partial charge is 0.189 e. The van der Waals surface area contributed by atoms with Crippen LogP contribution in [0.1, 0.15) is 0 Å². The summed E-state index contributed by atoms with van der Waals surface area (Å²) < 4.78 is 0. The van der Waals surface area contributed by atoms with E-state index in [0.717, 1.165) is 0 Å². The molecule has 0 aromatic rings. The van der Waals surface area contributed by atoms with Crippen LogP contribution in [0.4, 0.5) is 0 Å². The van der Waals surface area contributed by atoms with E-state index in [9.17, 15) is 25.2 Å². The first-order valence-corrected chi connectivity index (χ1v) is 5.10. The number of ketones is 1. The average molecular weight is 270 g/mol. The Morgan fingerprint density at radius 3 is 1.61 bits per heavy atom. The van der Waals surface area contributed by atoms with E-state index in [1.54, 1.807) is 0 Å². The Morgan fingerprint density at radius 2 is 1.22 bits per heavy atom. The van der Waals surface area contributed by atoms with Gasteiger partial charge in [-0.25, -0.2) is 0 Å². The van der Waals surface area contributed by atoms with Gasteiger partial charge in [0.1, 0.15) is 43.2 Å². The van der Waals surface area contributed by atoms with Crippen LogP contribution in [0.2, 0.25) is 0 Å². The second-order valence-electron chi connectivity index (χ2n) is 3.78. The van der Waals surface area contributed by atoms with Crippen molar-refractivity contribution in [3.05, 3.63) is 0 Å². The fourth-order valence-corrected chi connectivity index (χ4v) is 1.21. The lowest BCUT2D eigenvalue weighted by molar-refractivity contribution is -0.165. The number of aliphatic hydroxyl groups excluding tert-OH is 8. The fourth-order valence-electron chi connectivity index (χ4n) is 1.21. The summed E-state index contributed by atoms with van der Waals surface area (Å²) in [7, 11) is 0. The molecule has 6 atom stereocenters. The van der Waals surface area contributed by atoms with Gasteiger partial charge in [0.2, 0.25) is 0 Å². The molecule has 0 saturated carbocycles. The molecule has 0 fully saturated rings. The minimum absolute atomic E-state index is 0.904. The molecule has 0 spiro atoms. The molecule has 0 aromatic heterocycles. The van der Waals surface area contributed by atoms with Crippen molar-refractivity contribution < 1.29 is 45.6 Å². The van der Waals surface area contributed by atoms with E-state index in [0.29, 0.717) is 0 Å². The molecule has 18 heavy (non-hydrogen) atoms. The molecule has 0 radical (unpaired) electrons. The summed E-state index contributed by atoms with van der Waals surface area (Å²) >= 11 is 0. The topological polar surface area (TPSA) is 179 Å². The Bertz CT molecular complexity index is 258. The van der Waals surface area contributed by atoms with E-state index in [2.05, 4.69) is 0 Å². The van der Waals surface area contributed by atoms with Gasteiger partial charge in [0.05, 0.1) is 6.61 Å². The molecule has 8 N–H and O–H groups in total. The van der Waals surface area contributed by atoms with Crippen molar-refractivity contribution in [1.29, 1.82) is 0 Å². The molecule has 0 rings (SSSR count). The van der Waals surface area contributed by atoms with Crippen molar-refractivity contribution in [2.45, 2.75) is 36.6 Å². The zero-order chi connectivity index (χ0) is 14.5. The maximum absolute atomic E-state index is 10.8. The molecule has 0 saturated heterocycles. The monoisotopic (exact) mass is 270 g/mol. The van der Waals surface area contributed by atoms with Crippen molar-refractivity contribution in [2.75, 3.05) is 13.2 Å². The predicted octanol–water partition coefficient (Wildman–Crippen LogP) is -5.29. The number of hydrogen-bond donors (Lipinski definition) is 8. The number of rotatable bonds is 8. The zero-order valence-corrected chi connectivity index (χ0v) is 9.36. The fraction of sp³-hybridized carbons (Fsp3) is 0.889. The number of carbonyl (C=O) groups excluding carboxylic acids is 1. The highest BCUT2D eigenvalue weighted by atomic mass is 16.4. The van der Waals surface area contributed by atoms with Crippen molar-refractivity contribution in [2.24, 2.45) is 0 Å². The van der Waals surface area contributed by atoms with E-state index in [-0.39, 0.29) is 0 Å². The second-order valence-corrected chi connectivity index (χ2v) is 3.78. The predicted molar refractivity (Wildman–Crippen MR) is 55.2 cm³/mol. The molecule has 0 bridgehead atoms. The standard InChI is InChI=1S/C9H18O9/c10-1-3(12)5(14)7(16)9(18)8(17)6(15)4(13)2-11/h3,5-12,14-18H,1-2H2/t3-,5+,6+,7-,8-,9+/m1/s1. The third-order valence-electron chi connectivity index (χ3n) is 2.44. The Labute approximate surface area is 102 Å². The largest absolute Gasteiger partial charge is 0.394 e. The Kier molecular flexibility index (Phi) is 7.43. The first-order valence-electron chi connectivity index (χ1n) is 5.10. The van der Waals surface area contributed by atoms with Gasteiger partial charge in [-0.15, -0.1) is 0 Å². The van der Waals surface area contributed by atoms with Crippen LogP contribution in [0.15, 0.2) is 0 Å². The molecule has 0 aromatic carbocycles. The molecule has 0 aliphatic carbocycles. The lowest BCUT2D eigenvalue weighted by Crippen LogP contribution is -2.54. The molecule has 9 nitrogen and oxygen atoms in total. The summed E-state index contributed by atoms with van der Waals surface area (Å²) in [6.07, 6.45) is -12.4. The van der Waals surface area contributed by atoms with E-state index >= 15 is 0 Å². The highest BCUT2D eigenvalue weighted by molar-refractivity contribution is 5.84. The van der Waals surface area contributed by atoms with Crippen LogP contribution in [-0.4, -0.2) is 96.5 Å². The van der Waals surface area contributed by atoms with E-state index < -0.39 is 55.6 Å². The first kappa shape index (κ1) is 17.4. The van der Waals surface area contributed by atoms with Crippen LogP contribution in [0, 0.1) is 0 Å². The lowest BCUT2D eigenvalue weighted by atomic mass is 9.95. The number of aliphatic hydroxyl groups is 8. The van der Waals surface area contributed by atoms with E-state index in [1.165, 1.54) is 0 Å². The van der Waals surface area contributed by atoms with Crippen molar-refractivity contribution in [1.82, 2.24) is 0 Å². The van der Waals surface area contributed by atoms with Crippen LogP contribution in [0.25, 0.3) is 0 Å². The summed E-state index contributed by atoms with van der Waals surface area (Å²) in [6.45, 7) is -1.98. The van der Waals surface area contributed by atoms with Gasteiger partial charge in [0.25, 0.3) is 0 Å². The third-order valence-corrected chi connectivity index (χ3v) is 2.44. The summed E-state index contributed by atoms with van der Waals surface area (Å²) in [6, 6.07) is 0. The highest BCUT2D eigenvalue weighted by Gasteiger charge is 2.38. The summed E-state index contributed by atoms with van der Waals surface area (Å²) in [5, 5.41) is 72.4. The average Bonchev–Trinajstić information content (AvgIpc) is 2.40. The molecule has 9 heteroatoms. The van der Waals surface area contributed by atoms with Gasteiger partial charge in [0.15, 0.2) is 5.78 Å². The number of carbonyl (C=O) groups is 1. The maximum atomic E-state index is 10.8. The van der Waals surface area contributed by atoms with Crippen LogP contribution >= 0.6 is 0 Å². The Morgan fingerprint density at radius 1 is 0.778 bits per heavy atom. The number of Topliss-reactive ketones (excluding diaryl/α,β-unsaturated/α-hetero) is 1. The van der Waals surface area contributed by atoms with Gasteiger partial charge in [-0.1, -0.05) is 0 Å². The quantitative estimate of drug-likeness (QED) is 0.214. The summed E-state index contributed by atoms with van der Waals surface area (Å²) in [5.74, 6) is -1.19. The molecule has 0 unspecified atom stereocenters. The van der Waals surface area contributed by atoms with E-state index in [1.807, 2.05) is 0 Å². The first-order chi connectivity index (χ1) is 8.27. The summed E-state index contributed by atoms with van der Waals surface area (Å²) in [4.78, 5) is 10.8. The molecule has 0 aliphatic rings. The zero-order valence-electron chi connectivity index (χ0n) is 9.36. The Balaban J connectivity index is 4.62. The van der Waals surface area contributed by atoms with Crippen molar-refractivity contribution in [3.63, 3.8) is 0 Å². The van der Waals surface area contributed by atoms with Gasteiger partial charge in [-0.2, -0.15) is 0 Å². The molecule has 0 heterocycles. The van der Waals surface area contributed by atoms with Crippen molar-refractivity contribution >= 4 is 5.78 Å². The molecule has 108 valence electrons. The molecular weight excluding hydrogens is 252 g/mol. The normalized spacial score (nSPS) is 21.8. The summed E-state index contributed by atoms with van der Waals surface area (Å²) in [5.41, 5.74) is 0. The van der Waals surface area contributed by atoms with Crippen LogP contribution in [0.3, 0.4) is 0 Å². The van der Waals surface area contributed by atoms with Gasteiger partial charge >= 0.3 is 0 Å². The molecule has 0 amide bonds. The van der Waals surface area contributed by atoms with Crippen LogP contribution < -0.4 is 0 Å². The SMILES string of the molecule is O=C(CO)[C@H](O)[C@@H](O)[C@@H](O)[C@H](O)[C@@H](O)[C@H](O)CO. The number of hydrogen-bond acceptors (Lipinski definition) is 9. The van der Waals surface area contributed by atoms with Gasteiger partial charge < -0.3 is 40.9 Å². The Hall–Kier alpha value is -0.650. The molecule has 0 aliphatic heterocycles. The van der Waals surface area contributed by atoms with Crippen LogP contribution in [-0.2, 0) is 4.79 Å². The van der Waals surface area contributed by atoms with Gasteiger partial charge in [0, 0.05) is 0 Å². The maximum Gasteiger partial charge on any atom is 0.189 e. The lowest BCUT2D eigenvalue weighted by Gasteiger charge is -2.29. The van der Waals surface area contributed by atoms with Crippen molar-refractivity contribution in [3.8, 4) is 0 Å². The minimum Gasteiger partial charge on any atom is -0.394 e. The van der Waals surface area contributed by atoms with Gasteiger partial charge in [-0.3, -0.25) is 4.79 Å². The van der Waals surface area contributed by atoms with Gasteiger partial charge in [-0.05, 0) is 0 Å². The highest BCUT2D eigenvalue weighted by Crippen LogP contribution is 2.11. The van der Waals surface area contributed by atoms with Crippen LogP contribution in [0.5, 0.6) is 0 Å². The molecular formula is C9H18O9. The van der Waals surface area contributed by atoms with E-state index in [4.69, 9.17) is 20.4 Å².